The van der Waals surface area contributed by atoms with Crippen molar-refractivity contribution in [3.05, 3.63) is 34.5 Å². The highest BCUT2D eigenvalue weighted by Gasteiger charge is 2.51. The summed E-state index contributed by atoms with van der Waals surface area (Å²) in [6.07, 6.45) is -17.8. The van der Waals surface area contributed by atoms with Gasteiger partial charge in [-0.05, 0) is 18.2 Å². The van der Waals surface area contributed by atoms with Gasteiger partial charge in [0.1, 0.15) is 59.8 Å². The highest BCUT2D eigenvalue weighted by molar-refractivity contribution is 5.91. The molecule has 3 aromatic rings. The average Bonchev–Trinajstić information content (AvgIpc) is 3.08. The van der Waals surface area contributed by atoms with Gasteiger partial charge in [0.25, 0.3) is 0 Å². The molecule has 0 unspecified atom stereocenters. The summed E-state index contributed by atoms with van der Waals surface area (Å²) >= 11 is 0. The molecule has 2 aliphatic rings. The quantitative estimate of drug-likeness (QED) is 0.111. The minimum Gasteiger partial charge on any atom is -0.504 e. The predicted molar refractivity (Wildman–Crippen MR) is 158 cm³/mol. The number of aromatic hydroxyl groups is 2. The first-order valence-electron chi connectivity index (χ1n) is 14.5. The van der Waals surface area contributed by atoms with Crippen LogP contribution in [0.2, 0.25) is 0 Å². The van der Waals surface area contributed by atoms with Crippen molar-refractivity contribution in [2.45, 2.75) is 61.4 Å². The van der Waals surface area contributed by atoms with Crippen LogP contribution in [-0.2, 0) is 14.2 Å². The maximum atomic E-state index is 14.1. The van der Waals surface area contributed by atoms with Gasteiger partial charge < -0.3 is 83.5 Å². The number of rotatable bonds is 10. The average molecular weight is 685 g/mol. The number of benzene rings is 2. The van der Waals surface area contributed by atoms with E-state index in [1.54, 1.807) is 0 Å². The zero-order valence-electron chi connectivity index (χ0n) is 25.7. The second-order valence-corrected chi connectivity index (χ2v) is 10.9. The van der Waals surface area contributed by atoms with E-state index in [0.29, 0.717) is 0 Å². The van der Waals surface area contributed by atoms with Crippen LogP contribution in [0.25, 0.3) is 22.3 Å². The molecule has 1 aromatic heterocycles. The Morgan fingerprint density at radius 1 is 0.729 bits per heavy atom. The molecule has 0 spiro atoms. The van der Waals surface area contributed by atoms with Crippen LogP contribution < -0.4 is 24.4 Å². The molecule has 0 radical (unpaired) electrons. The molecule has 18 heteroatoms. The molecule has 18 nitrogen and oxygen atoms in total. The van der Waals surface area contributed by atoms with Gasteiger partial charge in [0, 0.05) is 11.6 Å². The minimum absolute atomic E-state index is 0.00699. The lowest BCUT2D eigenvalue weighted by Gasteiger charge is -2.45. The molecule has 2 saturated heterocycles. The Balaban J connectivity index is 1.61. The van der Waals surface area contributed by atoms with Crippen LogP contribution in [0.1, 0.15) is 0 Å². The maximum Gasteiger partial charge on any atom is 0.239 e. The highest BCUT2D eigenvalue weighted by Crippen LogP contribution is 2.45. The largest absolute Gasteiger partial charge is 0.504 e. The second kappa shape index (κ2) is 14.3. The molecule has 9 N–H and O–H groups in total. The zero-order valence-corrected chi connectivity index (χ0v) is 25.7. The Kier molecular flexibility index (Phi) is 10.5. The van der Waals surface area contributed by atoms with Gasteiger partial charge >= 0.3 is 0 Å². The first-order valence-corrected chi connectivity index (χ1v) is 14.5. The molecule has 48 heavy (non-hydrogen) atoms. The lowest BCUT2D eigenvalue weighted by Crippen LogP contribution is -2.65. The fourth-order valence-corrected chi connectivity index (χ4v) is 5.50. The summed E-state index contributed by atoms with van der Waals surface area (Å²) in [7, 11) is 3.80. The summed E-state index contributed by atoms with van der Waals surface area (Å²) in [5.74, 6) is -2.15. The van der Waals surface area contributed by atoms with E-state index in [0.717, 1.165) is 0 Å². The van der Waals surface area contributed by atoms with E-state index in [4.69, 9.17) is 37.6 Å². The van der Waals surface area contributed by atoms with Gasteiger partial charge in [0.05, 0.1) is 34.5 Å². The summed E-state index contributed by atoms with van der Waals surface area (Å²) in [6, 6.07) is 5.16. The first kappa shape index (κ1) is 35.4. The van der Waals surface area contributed by atoms with E-state index in [1.807, 2.05) is 0 Å². The van der Waals surface area contributed by atoms with E-state index in [2.05, 4.69) is 0 Å². The van der Waals surface area contributed by atoms with Crippen LogP contribution in [-0.4, -0.2) is 142 Å². The van der Waals surface area contributed by atoms with Crippen molar-refractivity contribution in [1.29, 1.82) is 0 Å². The smallest absolute Gasteiger partial charge is 0.239 e. The summed E-state index contributed by atoms with van der Waals surface area (Å²) in [4.78, 5) is 14.1. The van der Waals surface area contributed by atoms with Gasteiger partial charge in [-0.3, -0.25) is 4.79 Å². The molecule has 3 heterocycles. The van der Waals surface area contributed by atoms with Gasteiger partial charge in [-0.25, -0.2) is 0 Å². The number of hydrogen-bond acceptors (Lipinski definition) is 18. The number of fused-ring (bicyclic) bond motifs is 1. The molecule has 0 bridgehead atoms. The molecule has 2 fully saturated rings. The second-order valence-electron chi connectivity index (χ2n) is 10.9. The summed E-state index contributed by atoms with van der Waals surface area (Å²) in [6.45, 7) is -1.66. The van der Waals surface area contributed by atoms with Crippen LogP contribution in [0.3, 0.4) is 0 Å². The lowest BCUT2D eigenvalue weighted by atomic mass is 9.97. The minimum atomic E-state index is -2.02. The molecule has 5 rings (SSSR count). The van der Waals surface area contributed by atoms with E-state index >= 15 is 0 Å². The lowest BCUT2D eigenvalue weighted by molar-refractivity contribution is -0.352. The van der Waals surface area contributed by atoms with Crippen LogP contribution in [0, 0.1) is 0 Å². The fourth-order valence-electron chi connectivity index (χ4n) is 5.50. The third-order valence-corrected chi connectivity index (χ3v) is 8.10. The fraction of sp³-hybridized carbons (Fsp3) is 0.500. The number of methoxy groups -OCH3 is 3. The first-order chi connectivity index (χ1) is 22.9. The monoisotopic (exact) mass is 684 g/mol. The predicted octanol–water partition coefficient (Wildman–Crippen LogP) is -2.10. The van der Waals surface area contributed by atoms with Crippen molar-refractivity contribution in [1.82, 2.24) is 0 Å². The number of phenolic OH excluding ortho intramolecular Hbond substituents is 2. The van der Waals surface area contributed by atoms with E-state index in [1.165, 1.54) is 45.6 Å². The van der Waals surface area contributed by atoms with Gasteiger partial charge in [-0.1, -0.05) is 0 Å². The highest BCUT2D eigenvalue weighted by atomic mass is 16.7. The van der Waals surface area contributed by atoms with Crippen LogP contribution in [0.4, 0.5) is 0 Å². The summed E-state index contributed by atoms with van der Waals surface area (Å²) in [5, 5.41) is 93.3. The van der Waals surface area contributed by atoms with Crippen molar-refractivity contribution in [3.63, 3.8) is 0 Å². The molecule has 0 aliphatic carbocycles. The molecular formula is C30H36O18. The number of aliphatic hydroxyl groups is 7. The molecule has 2 aromatic carbocycles. The third kappa shape index (κ3) is 6.18. The topological polar surface area (TPSA) is 277 Å². The molecule has 264 valence electrons. The molecular weight excluding hydrogens is 648 g/mol. The number of ether oxygens (including phenoxy) is 7. The Hall–Kier alpha value is -3.95. The van der Waals surface area contributed by atoms with Gasteiger partial charge in [-0.2, -0.15) is 0 Å². The van der Waals surface area contributed by atoms with Gasteiger partial charge in [-0.15, -0.1) is 0 Å². The molecule has 2 aliphatic heterocycles. The van der Waals surface area contributed by atoms with Gasteiger partial charge in [0.2, 0.25) is 23.2 Å². The van der Waals surface area contributed by atoms with Crippen molar-refractivity contribution in [2.75, 3.05) is 34.5 Å². The third-order valence-electron chi connectivity index (χ3n) is 8.10. The standard InChI is InChI=1S/C30H36O18/c1-41-12-6-10(4-5-11(12)33)25-28(21(37)17-13(44-25)7-14(42-2)26(43-3)20(17)36)48-30-24(40)27(19(35)16(9-32)46-30)47-29-23(39)22(38)18(34)15(8-31)45-29/h4-7,15-16,18-19,22-24,27,29-36,38-40H,8-9H2,1-3H3/t15-,16-,18-,19+,22+,23-,24-,27+,29+,30+/m1/s1. The van der Waals surface area contributed by atoms with Crippen LogP contribution in [0.5, 0.6) is 34.5 Å². The van der Waals surface area contributed by atoms with E-state index in [9.17, 15) is 50.8 Å². The van der Waals surface area contributed by atoms with Crippen molar-refractivity contribution in [2.24, 2.45) is 0 Å². The number of aliphatic hydroxyl groups excluding tert-OH is 7. The molecule has 0 amide bonds. The van der Waals surface area contributed by atoms with Crippen LogP contribution >= 0.6 is 0 Å². The number of phenols is 2. The molecule has 10 atom stereocenters. The van der Waals surface area contributed by atoms with Gasteiger partial charge in [0.15, 0.2) is 35.0 Å². The Morgan fingerprint density at radius 2 is 1.38 bits per heavy atom. The van der Waals surface area contributed by atoms with E-state index in [-0.39, 0.29) is 39.9 Å². The summed E-state index contributed by atoms with van der Waals surface area (Å²) < 4.78 is 44.1. The van der Waals surface area contributed by atoms with Crippen molar-refractivity contribution in [3.8, 4) is 45.8 Å². The zero-order chi connectivity index (χ0) is 35.0. The van der Waals surface area contributed by atoms with E-state index < -0.39 is 96.9 Å². The maximum absolute atomic E-state index is 14.1. The normalized spacial score (nSPS) is 30.6. The number of hydrogen-bond donors (Lipinski definition) is 9. The van der Waals surface area contributed by atoms with Crippen molar-refractivity contribution >= 4 is 11.0 Å². The van der Waals surface area contributed by atoms with Crippen LogP contribution in [0.15, 0.2) is 33.5 Å². The Labute approximate surface area is 271 Å². The van der Waals surface area contributed by atoms with Crippen molar-refractivity contribution < 1.29 is 83.5 Å². The SMILES string of the molecule is COc1cc(-c2oc3cc(OC)c(OC)c(O)c3c(=O)c2O[C@@H]2O[C@H](CO)[C@H](O)[C@H](O[C@@H]3O[C@H](CO)[C@@H](O)[C@H](O)[C@H]3O)[C@H]2O)ccc1O. The Bertz CT molecular complexity index is 1660. The molecule has 0 saturated carbocycles. The summed E-state index contributed by atoms with van der Waals surface area (Å²) in [5.41, 5.74) is -1.10. The Morgan fingerprint density at radius 3 is 2.00 bits per heavy atom.